The second-order valence-corrected chi connectivity index (χ2v) is 6.08. The Balaban J connectivity index is 1.51. The molecule has 3 aromatic rings. The molecular weight excluding hydrogens is 290 g/mol. The van der Waals surface area contributed by atoms with Crippen molar-refractivity contribution in [3.63, 3.8) is 0 Å². The molecule has 0 bridgehead atoms. The molecule has 1 N–H and O–H groups in total. The van der Waals surface area contributed by atoms with Crippen LogP contribution in [0.15, 0.2) is 36.8 Å². The van der Waals surface area contributed by atoms with Gasteiger partial charge in [0.05, 0.1) is 17.9 Å². The Labute approximate surface area is 135 Å². The lowest BCUT2D eigenvalue weighted by atomic mass is 10.0. The highest BCUT2D eigenvalue weighted by Crippen LogP contribution is 2.31. The molecule has 0 saturated carbocycles. The van der Waals surface area contributed by atoms with Crippen molar-refractivity contribution in [3.05, 3.63) is 53.6 Å². The quantitative estimate of drug-likeness (QED) is 0.800. The Morgan fingerprint density at radius 2 is 2.22 bits per heavy atom. The number of fused-ring (bicyclic) bond motifs is 1. The van der Waals surface area contributed by atoms with E-state index in [-0.39, 0.29) is 6.10 Å². The number of aromatic nitrogens is 4. The van der Waals surface area contributed by atoms with E-state index < -0.39 is 0 Å². The second kappa shape index (κ2) is 5.79. The lowest BCUT2D eigenvalue weighted by molar-refractivity contribution is 0.0979. The van der Waals surface area contributed by atoms with Crippen molar-refractivity contribution in [1.82, 2.24) is 24.7 Å². The van der Waals surface area contributed by atoms with Crippen molar-refractivity contribution in [3.8, 4) is 0 Å². The summed E-state index contributed by atoms with van der Waals surface area (Å²) in [7, 11) is 1.97. The number of ether oxygens (including phenoxy) is 1. The molecule has 4 heterocycles. The lowest BCUT2D eigenvalue weighted by Crippen LogP contribution is -2.31. The number of pyridine rings is 1. The van der Waals surface area contributed by atoms with Gasteiger partial charge < -0.3 is 10.1 Å². The number of aryl methyl sites for hydroxylation is 1. The minimum atomic E-state index is 0.0746. The predicted molar refractivity (Wildman–Crippen MR) is 87.1 cm³/mol. The molecule has 1 aliphatic heterocycles. The Morgan fingerprint density at radius 1 is 1.30 bits per heavy atom. The molecule has 1 aliphatic rings. The highest BCUT2D eigenvalue weighted by atomic mass is 16.5. The van der Waals surface area contributed by atoms with Gasteiger partial charge in [0.25, 0.3) is 0 Å². The van der Waals surface area contributed by atoms with E-state index in [1.54, 1.807) is 0 Å². The van der Waals surface area contributed by atoms with Crippen LogP contribution in [0.25, 0.3) is 5.52 Å². The predicted octanol–water partition coefficient (Wildman–Crippen LogP) is 2.00. The molecule has 0 unspecified atom stereocenters. The third kappa shape index (κ3) is 2.54. The number of hydrogen-bond donors (Lipinski definition) is 1. The fraction of sp³-hybridized carbons (Fsp3) is 0.412. The average Bonchev–Trinajstić information content (AvgIpc) is 3.26. The lowest BCUT2D eigenvalue weighted by Gasteiger charge is -2.19. The summed E-state index contributed by atoms with van der Waals surface area (Å²) in [5.74, 6) is 0. The molecule has 6 heteroatoms. The van der Waals surface area contributed by atoms with Gasteiger partial charge in [-0.2, -0.15) is 10.2 Å². The van der Waals surface area contributed by atoms with E-state index in [9.17, 15) is 0 Å². The average molecular weight is 311 g/mol. The summed E-state index contributed by atoms with van der Waals surface area (Å²) in [6.45, 7) is 3.66. The maximum absolute atomic E-state index is 5.97. The van der Waals surface area contributed by atoms with Crippen LogP contribution in [0.5, 0.6) is 0 Å². The summed E-state index contributed by atoms with van der Waals surface area (Å²) in [6, 6.07) is 6.43. The highest BCUT2D eigenvalue weighted by molar-refractivity contribution is 5.53. The van der Waals surface area contributed by atoms with Crippen LogP contribution in [0.3, 0.4) is 0 Å². The molecule has 0 aromatic carbocycles. The van der Waals surface area contributed by atoms with Gasteiger partial charge >= 0.3 is 0 Å². The maximum atomic E-state index is 5.97. The van der Waals surface area contributed by atoms with Crippen LogP contribution in [-0.4, -0.2) is 32.0 Å². The van der Waals surface area contributed by atoms with Gasteiger partial charge in [-0.3, -0.25) is 4.68 Å². The fourth-order valence-electron chi connectivity index (χ4n) is 3.26. The van der Waals surface area contributed by atoms with E-state index in [0.29, 0.717) is 6.04 Å². The zero-order chi connectivity index (χ0) is 15.8. The number of nitrogens with one attached hydrogen (secondary N) is 1. The molecule has 6 nitrogen and oxygen atoms in total. The Morgan fingerprint density at radius 3 is 3.04 bits per heavy atom. The van der Waals surface area contributed by atoms with Gasteiger partial charge in [0.2, 0.25) is 0 Å². The Hall–Kier alpha value is -2.18. The van der Waals surface area contributed by atoms with E-state index in [4.69, 9.17) is 4.74 Å². The van der Waals surface area contributed by atoms with Gasteiger partial charge in [0.1, 0.15) is 6.10 Å². The first-order valence-electron chi connectivity index (χ1n) is 7.99. The van der Waals surface area contributed by atoms with Gasteiger partial charge in [-0.15, -0.1) is 0 Å². The largest absolute Gasteiger partial charge is 0.372 e. The first-order valence-corrected chi connectivity index (χ1v) is 7.99. The second-order valence-electron chi connectivity index (χ2n) is 6.08. The van der Waals surface area contributed by atoms with Crippen molar-refractivity contribution in [2.75, 3.05) is 6.61 Å². The van der Waals surface area contributed by atoms with Gasteiger partial charge in [0, 0.05) is 49.3 Å². The molecule has 3 aromatic heterocycles. The third-order valence-corrected chi connectivity index (χ3v) is 4.73. The molecule has 0 aliphatic carbocycles. The summed E-state index contributed by atoms with van der Waals surface area (Å²) in [5.41, 5.74) is 4.70. The first-order chi connectivity index (χ1) is 11.2. The molecule has 120 valence electrons. The minimum Gasteiger partial charge on any atom is -0.372 e. The van der Waals surface area contributed by atoms with Crippen LogP contribution < -0.4 is 5.32 Å². The number of nitrogens with zero attached hydrogens (tertiary/aromatic N) is 4. The molecule has 23 heavy (non-hydrogen) atoms. The minimum absolute atomic E-state index is 0.0746. The van der Waals surface area contributed by atoms with E-state index in [1.807, 2.05) is 47.0 Å². The van der Waals surface area contributed by atoms with Crippen LogP contribution in [-0.2, 0) is 18.3 Å². The van der Waals surface area contributed by atoms with E-state index in [2.05, 4.69) is 28.5 Å². The van der Waals surface area contributed by atoms with Crippen LogP contribution in [0.2, 0.25) is 0 Å². The zero-order valence-electron chi connectivity index (χ0n) is 13.4. The van der Waals surface area contributed by atoms with Crippen molar-refractivity contribution in [2.24, 2.45) is 7.05 Å². The molecule has 0 spiro atoms. The molecule has 0 amide bonds. The molecule has 1 fully saturated rings. The van der Waals surface area contributed by atoms with E-state index in [1.165, 1.54) is 16.8 Å². The SMILES string of the molecule is Cc1c([C@H]2OCC[C@@H]2NCc2cnn3ccccc23)cnn1C. The summed E-state index contributed by atoms with van der Waals surface area (Å²) in [6.07, 6.45) is 6.92. The van der Waals surface area contributed by atoms with Gasteiger partial charge in [-0.1, -0.05) is 6.07 Å². The van der Waals surface area contributed by atoms with E-state index >= 15 is 0 Å². The molecular formula is C17H21N5O. The van der Waals surface area contributed by atoms with Crippen LogP contribution in [0.4, 0.5) is 0 Å². The molecule has 1 saturated heterocycles. The molecule has 0 radical (unpaired) electrons. The van der Waals surface area contributed by atoms with Gasteiger partial charge in [-0.05, 0) is 25.5 Å². The standard InChI is InChI=1S/C17H21N5O/c1-12-14(11-19-21(12)2)17-15(6-8-23-17)18-9-13-10-20-22-7-4-3-5-16(13)22/h3-5,7,10-11,15,17-18H,6,8-9H2,1-2H3/t15-,17+/m0/s1. The summed E-state index contributed by atoms with van der Waals surface area (Å²) >= 11 is 0. The fourth-order valence-corrected chi connectivity index (χ4v) is 3.26. The van der Waals surface area contributed by atoms with Gasteiger partial charge in [-0.25, -0.2) is 4.52 Å². The Kier molecular flexibility index (Phi) is 3.63. The van der Waals surface area contributed by atoms with Crippen LogP contribution in [0.1, 0.15) is 29.3 Å². The third-order valence-electron chi connectivity index (χ3n) is 4.73. The van der Waals surface area contributed by atoms with Crippen molar-refractivity contribution in [1.29, 1.82) is 0 Å². The van der Waals surface area contributed by atoms with Crippen LogP contribution in [0, 0.1) is 6.92 Å². The molecule has 4 rings (SSSR count). The van der Waals surface area contributed by atoms with Crippen molar-refractivity contribution >= 4 is 5.52 Å². The van der Waals surface area contributed by atoms with Crippen molar-refractivity contribution < 1.29 is 4.74 Å². The summed E-state index contributed by atoms with van der Waals surface area (Å²) < 4.78 is 9.78. The van der Waals surface area contributed by atoms with E-state index in [0.717, 1.165) is 25.1 Å². The first kappa shape index (κ1) is 14.4. The Bertz CT molecular complexity index is 821. The summed E-state index contributed by atoms with van der Waals surface area (Å²) in [4.78, 5) is 0. The van der Waals surface area contributed by atoms with Gasteiger partial charge in [0.15, 0.2) is 0 Å². The number of rotatable bonds is 4. The normalized spacial score (nSPS) is 21.3. The zero-order valence-corrected chi connectivity index (χ0v) is 13.4. The smallest absolute Gasteiger partial charge is 0.101 e. The molecule has 2 atom stereocenters. The summed E-state index contributed by atoms with van der Waals surface area (Å²) in [5, 5.41) is 12.4. The van der Waals surface area contributed by atoms with Crippen molar-refractivity contribution in [2.45, 2.75) is 32.0 Å². The number of hydrogen-bond acceptors (Lipinski definition) is 4. The highest BCUT2D eigenvalue weighted by Gasteiger charge is 2.31. The van der Waals surface area contributed by atoms with Crippen LogP contribution >= 0.6 is 0 Å². The monoisotopic (exact) mass is 311 g/mol. The maximum Gasteiger partial charge on any atom is 0.101 e. The topological polar surface area (TPSA) is 56.4 Å².